The van der Waals surface area contributed by atoms with E-state index in [1.54, 1.807) is 24.8 Å². The predicted molar refractivity (Wildman–Crippen MR) is 66.6 cm³/mol. The summed E-state index contributed by atoms with van der Waals surface area (Å²) in [6.45, 7) is 1.18. The Morgan fingerprint density at radius 1 is 1.39 bits per heavy atom. The zero-order valence-corrected chi connectivity index (χ0v) is 9.71. The van der Waals surface area contributed by atoms with Crippen LogP contribution < -0.4 is 16.6 Å². The number of hydrogen-bond acceptors (Lipinski definition) is 5. The van der Waals surface area contributed by atoms with Gasteiger partial charge in [0.15, 0.2) is 0 Å². The van der Waals surface area contributed by atoms with Gasteiger partial charge in [-0.15, -0.1) is 0 Å². The largest absolute Gasteiger partial charge is 0.350 e. The van der Waals surface area contributed by atoms with Gasteiger partial charge in [0, 0.05) is 31.7 Å². The van der Waals surface area contributed by atoms with Crippen LogP contribution in [0.2, 0.25) is 0 Å². The highest BCUT2D eigenvalue weighted by Crippen LogP contribution is 2.10. The lowest BCUT2D eigenvalue weighted by atomic mass is 10.2. The first-order chi connectivity index (χ1) is 8.81. The van der Waals surface area contributed by atoms with Gasteiger partial charge in [-0.25, -0.2) is 4.98 Å². The summed E-state index contributed by atoms with van der Waals surface area (Å²) < 4.78 is 1.88. The number of nitrogens with zero attached hydrogens (tertiary/aromatic N) is 3. The maximum Gasteiger partial charge on any atom is 0.253 e. The van der Waals surface area contributed by atoms with Crippen molar-refractivity contribution in [2.45, 2.75) is 6.54 Å². The van der Waals surface area contributed by atoms with Crippen LogP contribution in [0.4, 0.5) is 5.69 Å². The molecule has 4 N–H and O–H groups in total. The van der Waals surface area contributed by atoms with Crippen molar-refractivity contribution in [3.8, 4) is 0 Å². The highest BCUT2D eigenvalue weighted by molar-refractivity contribution is 5.99. The molecule has 0 aromatic carbocycles. The Kier molecular flexibility index (Phi) is 3.87. The minimum atomic E-state index is -0.189. The third kappa shape index (κ3) is 2.83. The minimum Gasteiger partial charge on any atom is -0.350 e. The number of imidazole rings is 1. The lowest BCUT2D eigenvalue weighted by Crippen LogP contribution is -2.28. The van der Waals surface area contributed by atoms with Crippen LogP contribution in [0.3, 0.4) is 0 Å². The SMILES string of the molecule is NNc1cnccc1C(=O)NCCn1ccnc1. The summed E-state index contributed by atoms with van der Waals surface area (Å²) in [4.78, 5) is 19.7. The van der Waals surface area contributed by atoms with Crippen LogP contribution in [-0.2, 0) is 6.54 Å². The van der Waals surface area contributed by atoms with Crippen molar-refractivity contribution in [1.29, 1.82) is 0 Å². The summed E-state index contributed by atoms with van der Waals surface area (Å²) in [5.74, 6) is 5.12. The molecule has 18 heavy (non-hydrogen) atoms. The van der Waals surface area contributed by atoms with Crippen LogP contribution in [0.15, 0.2) is 37.2 Å². The molecule has 0 atom stereocenters. The van der Waals surface area contributed by atoms with E-state index in [4.69, 9.17) is 5.84 Å². The summed E-state index contributed by atoms with van der Waals surface area (Å²) in [7, 11) is 0. The Morgan fingerprint density at radius 2 is 2.28 bits per heavy atom. The van der Waals surface area contributed by atoms with Crippen LogP contribution in [0, 0.1) is 0 Å². The molecule has 1 amide bonds. The van der Waals surface area contributed by atoms with Gasteiger partial charge in [-0.05, 0) is 6.07 Å². The van der Waals surface area contributed by atoms with Crippen molar-refractivity contribution < 1.29 is 4.79 Å². The first-order valence-corrected chi connectivity index (χ1v) is 5.46. The van der Waals surface area contributed by atoms with E-state index < -0.39 is 0 Å². The number of hydrazine groups is 1. The van der Waals surface area contributed by atoms with Crippen molar-refractivity contribution in [1.82, 2.24) is 19.9 Å². The van der Waals surface area contributed by atoms with Gasteiger partial charge in [0.1, 0.15) is 0 Å². The maximum atomic E-state index is 11.9. The van der Waals surface area contributed by atoms with E-state index in [1.165, 1.54) is 6.20 Å². The highest BCUT2D eigenvalue weighted by atomic mass is 16.1. The van der Waals surface area contributed by atoms with Crippen LogP contribution in [0.25, 0.3) is 0 Å². The zero-order chi connectivity index (χ0) is 12.8. The van der Waals surface area contributed by atoms with Gasteiger partial charge in [-0.3, -0.25) is 15.6 Å². The molecule has 0 radical (unpaired) electrons. The quantitative estimate of drug-likeness (QED) is 0.509. The van der Waals surface area contributed by atoms with Crippen LogP contribution in [-0.4, -0.2) is 27.0 Å². The van der Waals surface area contributed by atoms with E-state index in [9.17, 15) is 4.79 Å². The molecule has 0 saturated carbocycles. The summed E-state index contributed by atoms with van der Waals surface area (Å²) >= 11 is 0. The lowest BCUT2D eigenvalue weighted by molar-refractivity contribution is 0.0953. The molecule has 0 bridgehead atoms. The number of amides is 1. The Bertz CT molecular complexity index is 510. The summed E-state index contributed by atoms with van der Waals surface area (Å²) in [5.41, 5.74) is 3.41. The molecule has 2 heterocycles. The van der Waals surface area contributed by atoms with Gasteiger partial charge in [0.05, 0.1) is 23.8 Å². The fourth-order valence-corrected chi connectivity index (χ4v) is 1.52. The van der Waals surface area contributed by atoms with Crippen molar-refractivity contribution in [2.75, 3.05) is 12.0 Å². The van der Waals surface area contributed by atoms with Crippen LogP contribution in [0.5, 0.6) is 0 Å². The molecule has 2 rings (SSSR count). The average Bonchev–Trinajstić information content (AvgIpc) is 2.91. The number of nitrogens with two attached hydrogens (primary N) is 1. The number of nitrogens with one attached hydrogen (secondary N) is 2. The van der Waals surface area contributed by atoms with Crippen LogP contribution in [0.1, 0.15) is 10.4 Å². The van der Waals surface area contributed by atoms with Crippen molar-refractivity contribution in [2.24, 2.45) is 5.84 Å². The summed E-state index contributed by atoms with van der Waals surface area (Å²) in [6.07, 6.45) is 8.29. The third-order valence-electron chi connectivity index (χ3n) is 2.44. The topological polar surface area (TPSA) is 97.9 Å². The van der Waals surface area contributed by atoms with Crippen molar-refractivity contribution >= 4 is 11.6 Å². The number of anilines is 1. The second kappa shape index (κ2) is 5.78. The minimum absolute atomic E-state index is 0.189. The molecule has 0 spiro atoms. The highest BCUT2D eigenvalue weighted by Gasteiger charge is 2.09. The molecular formula is C11H14N6O. The Balaban J connectivity index is 1.91. The molecule has 0 unspecified atom stereocenters. The molecule has 2 aromatic heterocycles. The van der Waals surface area contributed by atoms with E-state index in [0.29, 0.717) is 24.3 Å². The fourth-order valence-electron chi connectivity index (χ4n) is 1.52. The van der Waals surface area contributed by atoms with Crippen molar-refractivity contribution in [3.05, 3.63) is 42.7 Å². The smallest absolute Gasteiger partial charge is 0.253 e. The number of hydrogen-bond donors (Lipinski definition) is 3. The summed E-state index contributed by atoms with van der Waals surface area (Å²) in [6, 6.07) is 1.61. The molecule has 0 fully saturated rings. The molecule has 7 nitrogen and oxygen atoms in total. The number of carbonyl (C=O) groups excluding carboxylic acids is 1. The zero-order valence-electron chi connectivity index (χ0n) is 9.71. The molecule has 94 valence electrons. The van der Waals surface area contributed by atoms with E-state index in [-0.39, 0.29) is 5.91 Å². The number of nitrogen functional groups attached to an aromatic ring is 1. The van der Waals surface area contributed by atoms with Gasteiger partial charge >= 0.3 is 0 Å². The molecular weight excluding hydrogens is 232 g/mol. The molecule has 0 aliphatic heterocycles. The molecule has 0 saturated heterocycles. The Morgan fingerprint density at radius 3 is 3.00 bits per heavy atom. The van der Waals surface area contributed by atoms with Gasteiger partial charge in [-0.2, -0.15) is 0 Å². The molecule has 7 heteroatoms. The Hall–Kier alpha value is -2.41. The molecule has 0 aliphatic carbocycles. The van der Waals surface area contributed by atoms with E-state index >= 15 is 0 Å². The van der Waals surface area contributed by atoms with E-state index in [1.807, 2.05) is 10.8 Å². The number of pyridine rings is 1. The number of rotatable bonds is 5. The van der Waals surface area contributed by atoms with Gasteiger partial charge in [0.25, 0.3) is 5.91 Å². The molecule has 0 aliphatic rings. The second-order valence-electron chi connectivity index (χ2n) is 3.62. The van der Waals surface area contributed by atoms with E-state index in [0.717, 1.165) is 0 Å². The summed E-state index contributed by atoms with van der Waals surface area (Å²) in [5, 5.41) is 2.80. The third-order valence-corrected chi connectivity index (χ3v) is 2.44. The van der Waals surface area contributed by atoms with Crippen LogP contribution >= 0.6 is 0 Å². The second-order valence-corrected chi connectivity index (χ2v) is 3.62. The Labute approximate surface area is 104 Å². The van der Waals surface area contributed by atoms with E-state index in [2.05, 4.69) is 20.7 Å². The van der Waals surface area contributed by atoms with Crippen molar-refractivity contribution in [3.63, 3.8) is 0 Å². The number of aromatic nitrogens is 3. The maximum absolute atomic E-state index is 11.9. The predicted octanol–water partition coefficient (Wildman–Crippen LogP) is -0.00630. The monoisotopic (exact) mass is 246 g/mol. The normalized spacial score (nSPS) is 10.1. The first kappa shape index (κ1) is 12.1. The fraction of sp³-hybridized carbons (Fsp3) is 0.182. The van der Waals surface area contributed by atoms with Gasteiger partial charge in [0.2, 0.25) is 0 Å². The number of carbonyl (C=O) groups is 1. The van der Waals surface area contributed by atoms with Gasteiger partial charge in [-0.1, -0.05) is 0 Å². The van der Waals surface area contributed by atoms with Gasteiger partial charge < -0.3 is 15.3 Å². The first-order valence-electron chi connectivity index (χ1n) is 5.46. The lowest BCUT2D eigenvalue weighted by Gasteiger charge is -2.09. The molecule has 2 aromatic rings. The standard InChI is InChI=1S/C11H14N6O/c12-16-10-7-13-2-1-9(10)11(18)15-4-6-17-5-3-14-8-17/h1-3,5,7-8,16H,4,6,12H2,(H,15,18). The average molecular weight is 246 g/mol.